The van der Waals surface area contributed by atoms with Crippen molar-refractivity contribution in [2.24, 2.45) is 5.73 Å². The van der Waals surface area contributed by atoms with Crippen molar-refractivity contribution in [3.8, 4) is 11.1 Å². The highest BCUT2D eigenvalue weighted by Gasteiger charge is 2.13. The molecular formula is C23H16FN5O. The molecule has 6 nitrogen and oxygen atoms in total. The normalized spacial score (nSPS) is 11.2. The Hall–Kier alpha value is -4.13. The van der Waals surface area contributed by atoms with Crippen LogP contribution in [0.1, 0.15) is 16.1 Å². The Morgan fingerprint density at radius 2 is 1.83 bits per heavy atom. The summed E-state index contributed by atoms with van der Waals surface area (Å²) in [4.78, 5) is 25.0. The number of carbonyl (C=O) groups excluding carboxylic acids is 1. The number of benzene rings is 2. The average Bonchev–Trinajstić information content (AvgIpc) is 3.16. The first kappa shape index (κ1) is 17.9. The van der Waals surface area contributed by atoms with Gasteiger partial charge >= 0.3 is 0 Å². The fourth-order valence-corrected chi connectivity index (χ4v) is 3.58. The molecule has 30 heavy (non-hydrogen) atoms. The number of aromatic nitrogens is 4. The van der Waals surface area contributed by atoms with Crippen LogP contribution in [0.3, 0.4) is 0 Å². The highest BCUT2D eigenvalue weighted by molar-refractivity contribution is 6.00. The van der Waals surface area contributed by atoms with Crippen molar-refractivity contribution in [1.82, 2.24) is 19.5 Å². The molecule has 0 bridgehead atoms. The van der Waals surface area contributed by atoms with Gasteiger partial charge in [0.1, 0.15) is 17.0 Å². The van der Waals surface area contributed by atoms with E-state index in [1.165, 1.54) is 12.1 Å². The Morgan fingerprint density at radius 1 is 1.00 bits per heavy atom. The van der Waals surface area contributed by atoms with Crippen LogP contribution in [-0.4, -0.2) is 25.4 Å². The zero-order chi connectivity index (χ0) is 20.7. The van der Waals surface area contributed by atoms with Crippen molar-refractivity contribution in [3.63, 3.8) is 0 Å². The molecule has 1 amide bonds. The number of fused-ring (bicyclic) bond motifs is 2. The van der Waals surface area contributed by atoms with Crippen LogP contribution in [0.4, 0.5) is 4.39 Å². The van der Waals surface area contributed by atoms with E-state index in [0.717, 1.165) is 33.2 Å². The number of hydrogen-bond donors (Lipinski definition) is 1. The third-order valence-electron chi connectivity index (χ3n) is 5.01. The molecule has 0 aliphatic rings. The Morgan fingerprint density at radius 3 is 2.63 bits per heavy atom. The summed E-state index contributed by atoms with van der Waals surface area (Å²) in [5, 5.41) is 0.851. The van der Waals surface area contributed by atoms with Gasteiger partial charge in [-0.05, 0) is 53.1 Å². The van der Waals surface area contributed by atoms with Gasteiger partial charge in [-0.1, -0.05) is 24.3 Å². The second-order valence-electron chi connectivity index (χ2n) is 7.00. The number of halogens is 1. The molecule has 5 aromatic rings. The van der Waals surface area contributed by atoms with Crippen LogP contribution in [0, 0.1) is 5.82 Å². The lowest BCUT2D eigenvalue weighted by atomic mass is 9.98. The Balaban J connectivity index is 1.63. The van der Waals surface area contributed by atoms with Gasteiger partial charge in [-0.25, -0.2) is 19.3 Å². The van der Waals surface area contributed by atoms with Crippen LogP contribution in [0.5, 0.6) is 0 Å². The van der Waals surface area contributed by atoms with E-state index in [1.54, 1.807) is 30.7 Å². The number of nitrogens with zero attached hydrogens (tertiary/aromatic N) is 4. The summed E-state index contributed by atoms with van der Waals surface area (Å²) in [6.07, 6.45) is 3.48. The second-order valence-corrected chi connectivity index (χ2v) is 7.00. The van der Waals surface area contributed by atoms with E-state index >= 15 is 0 Å². The van der Waals surface area contributed by atoms with Gasteiger partial charge in [-0.15, -0.1) is 0 Å². The predicted molar refractivity (Wildman–Crippen MR) is 112 cm³/mol. The zero-order valence-corrected chi connectivity index (χ0v) is 15.8. The number of imidazole rings is 1. The van der Waals surface area contributed by atoms with Crippen molar-refractivity contribution in [2.45, 2.75) is 6.54 Å². The van der Waals surface area contributed by atoms with Crippen LogP contribution in [-0.2, 0) is 6.54 Å². The smallest absolute Gasteiger partial charge is 0.267 e. The van der Waals surface area contributed by atoms with E-state index in [0.29, 0.717) is 12.1 Å². The first-order valence-corrected chi connectivity index (χ1v) is 9.34. The molecule has 146 valence electrons. The number of hydrogen-bond acceptors (Lipinski definition) is 4. The molecule has 0 aliphatic carbocycles. The third kappa shape index (κ3) is 3.16. The molecule has 3 heterocycles. The topological polar surface area (TPSA) is 86.7 Å². The fourth-order valence-electron chi connectivity index (χ4n) is 3.58. The maximum absolute atomic E-state index is 13.4. The van der Waals surface area contributed by atoms with Gasteiger partial charge < -0.3 is 10.3 Å². The van der Waals surface area contributed by atoms with Crippen LogP contribution in [0.25, 0.3) is 33.2 Å². The molecular weight excluding hydrogens is 381 g/mol. The summed E-state index contributed by atoms with van der Waals surface area (Å²) >= 11 is 0. The first-order chi connectivity index (χ1) is 14.6. The molecule has 7 heteroatoms. The zero-order valence-electron chi connectivity index (χ0n) is 15.8. The van der Waals surface area contributed by atoms with Gasteiger partial charge in [-0.2, -0.15) is 0 Å². The van der Waals surface area contributed by atoms with Crippen molar-refractivity contribution in [1.29, 1.82) is 0 Å². The number of rotatable bonds is 4. The summed E-state index contributed by atoms with van der Waals surface area (Å²) in [5.41, 5.74) is 10.5. The SMILES string of the molecule is NC(=O)c1cc(-c2ccc(F)cc2)c2ccc(Cn3cnc4cccnc43)cc2n1. The summed E-state index contributed by atoms with van der Waals surface area (Å²) in [7, 11) is 0. The lowest BCUT2D eigenvalue weighted by molar-refractivity contribution is 0.0996. The monoisotopic (exact) mass is 397 g/mol. The first-order valence-electron chi connectivity index (χ1n) is 9.34. The molecule has 2 N–H and O–H groups in total. The third-order valence-corrected chi connectivity index (χ3v) is 5.01. The lowest BCUT2D eigenvalue weighted by Gasteiger charge is -2.11. The maximum atomic E-state index is 13.4. The van der Waals surface area contributed by atoms with Crippen LogP contribution < -0.4 is 5.73 Å². The van der Waals surface area contributed by atoms with Gasteiger partial charge in [0.05, 0.1) is 18.4 Å². The van der Waals surface area contributed by atoms with E-state index < -0.39 is 5.91 Å². The minimum absolute atomic E-state index is 0.161. The predicted octanol–water partition coefficient (Wildman–Crippen LogP) is 3.93. The molecule has 5 rings (SSSR count). The molecule has 0 saturated carbocycles. The summed E-state index contributed by atoms with van der Waals surface area (Å²) < 4.78 is 15.3. The lowest BCUT2D eigenvalue weighted by Crippen LogP contribution is -2.13. The molecule has 2 aromatic carbocycles. The van der Waals surface area contributed by atoms with Crippen molar-refractivity contribution < 1.29 is 9.18 Å². The van der Waals surface area contributed by atoms with E-state index in [1.807, 2.05) is 34.9 Å². The second kappa shape index (κ2) is 7.04. The fraction of sp³-hybridized carbons (Fsp3) is 0.0435. The van der Waals surface area contributed by atoms with E-state index in [-0.39, 0.29) is 11.5 Å². The van der Waals surface area contributed by atoms with Gasteiger partial charge in [0.2, 0.25) is 0 Å². The van der Waals surface area contributed by atoms with Crippen molar-refractivity contribution in [3.05, 3.63) is 90.3 Å². The number of amides is 1. The van der Waals surface area contributed by atoms with E-state index in [9.17, 15) is 9.18 Å². The molecule has 0 saturated heterocycles. The molecule has 0 fully saturated rings. The van der Waals surface area contributed by atoms with Gasteiger partial charge in [0.15, 0.2) is 5.65 Å². The number of primary amides is 1. The highest BCUT2D eigenvalue weighted by Crippen LogP contribution is 2.30. The molecule has 0 radical (unpaired) electrons. The Kier molecular flexibility index (Phi) is 4.21. The summed E-state index contributed by atoms with van der Waals surface area (Å²) in [5.74, 6) is -0.939. The average molecular weight is 397 g/mol. The molecule has 0 aliphatic heterocycles. The minimum atomic E-state index is -0.615. The van der Waals surface area contributed by atoms with Crippen LogP contribution in [0.15, 0.2) is 73.2 Å². The van der Waals surface area contributed by atoms with Gasteiger partial charge in [-0.3, -0.25) is 4.79 Å². The highest BCUT2D eigenvalue weighted by atomic mass is 19.1. The van der Waals surface area contributed by atoms with Crippen molar-refractivity contribution >= 4 is 28.0 Å². The summed E-state index contributed by atoms with van der Waals surface area (Å²) in [6, 6.07) is 17.4. The van der Waals surface area contributed by atoms with Crippen molar-refractivity contribution in [2.75, 3.05) is 0 Å². The molecule has 0 spiro atoms. The molecule has 3 aromatic heterocycles. The van der Waals surface area contributed by atoms with E-state index in [2.05, 4.69) is 15.0 Å². The largest absolute Gasteiger partial charge is 0.364 e. The van der Waals surface area contributed by atoms with Gasteiger partial charge in [0, 0.05) is 11.6 Å². The van der Waals surface area contributed by atoms with Crippen LogP contribution >= 0.6 is 0 Å². The quantitative estimate of drug-likeness (QED) is 0.498. The van der Waals surface area contributed by atoms with Crippen LogP contribution in [0.2, 0.25) is 0 Å². The number of carbonyl (C=O) groups is 1. The van der Waals surface area contributed by atoms with E-state index in [4.69, 9.17) is 5.73 Å². The molecule has 0 atom stereocenters. The Bertz CT molecular complexity index is 1410. The minimum Gasteiger partial charge on any atom is -0.364 e. The standard InChI is InChI=1S/C23H16FN5O/c24-16-6-4-15(5-7-16)18-11-21(22(25)30)28-20-10-14(3-8-17(18)20)12-29-13-27-19-2-1-9-26-23(19)29/h1-11,13H,12H2,(H2,25,30). The maximum Gasteiger partial charge on any atom is 0.267 e. The summed E-state index contributed by atoms with van der Waals surface area (Å²) in [6.45, 7) is 0.553. The number of pyridine rings is 2. The Labute approximate surface area is 170 Å². The molecule has 0 unspecified atom stereocenters. The van der Waals surface area contributed by atoms with Gasteiger partial charge in [0.25, 0.3) is 5.91 Å². The number of nitrogens with two attached hydrogens (primary N) is 1.